The minimum absolute atomic E-state index is 0.0652. The minimum atomic E-state index is -1.35. The fraction of sp³-hybridized carbons (Fsp3) is 0.909. The van der Waals surface area contributed by atoms with E-state index in [-0.39, 0.29) is 24.5 Å². The van der Waals surface area contributed by atoms with Crippen LogP contribution in [0.25, 0.3) is 4.85 Å². The number of hydrogen-bond acceptors (Lipinski definition) is 7. The van der Waals surface area contributed by atoms with Crippen LogP contribution in [0, 0.1) is 18.4 Å². The zero-order valence-electron chi connectivity index (χ0n) is 19.1. The van der Waals surface area contributed by atoms with Gasteiger partial charge in [0.1, 0.15) is 29.9 Å². The van der Waals surface area contributed by atoms with Crippen LogP contribution in [0.4, 0.5) is 0 Å². The maximum Gasteiger partial charge on any atom is 0.271 e. The van der Waals surface area contributed by atoms with Crippen molar-refractivity contribution in [2.45, 2.75) is 94.8 Å². The van der Waals surface area contributed by atoms with Gasteiger partial charge in [-0.1, -0.05) is 40.0 Å². The summed E-state index contributed by atoms with van der Waals surface area (Å²) in [5.74, 6) is 0.165. The molecule has 31 heavy (non-hydrogen) atoms. The summed E-state index contributed by atoms with van der Waals surface area (Å²) in [6.45, 7) is 14.2. The molecule has 0 aromatic rings. The molecule has 2 aliphatic heterocycles. The van der Waals surface area contributed by atoms with Crippen LogP contribution in [0.3, 0.4) is 0 Å². The van der Waals surface area contributed by atoms with E-state index in [0.29, 0.717) is 5.92 Å². The Kier molecular flexibility index (Phi) is 10.5. The number of aliphatic hydroxyl groups excluding tert-OH is 3. The Bertz CT molecular complexity index is 614. The van der Waals surface area contributed by atoms with Crippen molar-refractivity contribution in [1.82, 2.24) is 10.2 Å². The summed E-state index contributed by atoms with van der Waals surface area (Å²) in [6, 6.07) is -0.914. The Hall–Kier alpha value is -0.890. The first kappa shape index (κ1) is 26.4. The number of ether oxygens (including phenoxy) is 1. The Balaban J connectivity index is 2.11. The third-order valence-electron chi connectivity index (χ3n) is 6.48. The second-order valence-electron chi connectivity index (χ2n) is 9.14. The highest BCUT2D eigenvalue weighted by molar-refractivity contribution is 7.99. The van der Waals surface area contributed by atoms with Gasteiger partial charge in [0.25, 0.3) is 6.67 Å². The first-order valence-electron chi connectivity index (χ1n) is 11.3. The van der Waals surface area contributed by atoms with Gasteiger partial charge in [-0.3, -0.25) is 9.64 Å². The molecule has 0 aliphatic carbocycles. The van der Waals surface area contributed by atoms with Gasteiger partial charge in [-0.25, -0.2) is 11.5 Å². The summed E-state index contributed by atoms with van der Waals surface area (Å²) in [5, 5.41) is 34.0. The second-order valence-corrected chi connectivity index (χ2v) is 10.1. The Morgan fingerprint density at radius 3 is 2.55 bits per heavy atom. The number of thioether (sulfide) groups is 1. The number of amides is 1. The number of carbonyl (C=O) groups is 1. The fourth-order valence-electron chi connectivity index (χ4n) is 4.66. The number of nitrogens with one attached hydrogen (secondary N) is 1. The Morgan fingerprint density at radius 1 is 1.26 bits per heavy atom. The fourth-order valence-corrected chi connectivity index (χ4v) is 5.34. The molecule has 2 heterocycles. The standard InChI is InChI=1S/C22H39N3O5S/c1-6-7-8-9-14-10-15(25(11-14)12-23-4)21(29)24-16(13(2)3)20-18(27)17(26)19(28)22(30-20)31-5/h13-20,22,26-28H,6-12H2,1-3,5H3,(H,24,29)/t14-,15+,16-,17+,18-,19-,20?,22-/m1/s1. The first-order valence-corrected chi connectivity index (χ1v) is 12.6. The molecule has 9 heteroatoms. The lowest BCUT2D eigenvalue weighted by Gasteiger charge is -2.44. The van der Waals surface area contributed by atoms with Crippen LogP contribution in [0.1, 0.15) is 52.9 Å². The van der Waals surface area contributed by atoms with Crippen LogP contribution in [0.5, 0.6) is 0 Å². The first-order chi connectivity index (χ1) is 14.7. The predicted octanol–water partition coefficient (Wildman–Crippen LogP) is 1.45. The summed E-state index contributed by atoms with van der Waals surface area (Å²) >= 11 is 1.26. The molecule has 2 aliphatic rings. The SMILES string of the molecule is [C-]#[N+]CN1C[C@H](CCCCC)C[C@H]1C(=O)N[C@H](C(C)C)C1O[C@H](SC)[C@H](O)[C@@H](O)[C@H]1O. The lowest BCUT2D eigenvalue weighted by molar-refractivity contribution is -0.208. The molecule has 1 amide bonds. The number of rotatable bonds is 10. The van der Waals surface area contributed by atoms with Crippen LogP contribution in [-0.4, -0.2) is 87.5 Å². The molecular formula is C22H39N3O5S. The van der Waals surface area contributed by atoms with Gasteiger partial charge in [0, 0.05) is 6.54 Å². The number of aliphatic hydroxyl groups is 3. The Morgan fingerprint density at radius 2 is 1.97 bits per heavy atom. The Labute approximate surface area is 190 Å². The van der Waals surface area contributed by atoms with E-state index in [1.807, 2.05) is 18.7 Å². The number of likely N-dealkylation sites (tertiary alicyclic amines) is 1. The summed E-state index contributed by atoms with van der Waals surface area (Å²) in [6.07, 6.45) is 2.31. The van der Waals surface area contributed by atoms with Crippen LogP contribution >= 0.6 is 11.8 Å². The van der Waals surface area contributed by atoms with Gasteiger partial charge in [-0.15, -0.1) is 11.8 Å². The molecule has 1 unspecified atom stereocenters. The van der Waals surface area contributed by atoms with Gasteiger partial charge >= 0.3 is 0 Å². The van der Waals surface area contributed by atoms with Crippen molar-refractivity contribution >= 4 is 17.7 Å². The average Bonchev–Trinajstić information content (AvgIpc) is 3.14. The smallest absolute Gasteiger partial charge is 0.271 e. The van der Waals surface area contributed by atoms with Gasteiger partial charge in [-0.2, -0.15) is 0 Å². The van der Waals surface area contributed by atoms with E-state index in [1.54, 1.807) is 6.26 Å². The number of hydrogen-bond donors (Lipinski definition) is 4. The maximum absolute atomic E-state index is 13.3. The van der Waals surface area contributed by atoms with E-state index in [9.17, 15) is 20.1 Å². The lowest BCUT2D eigenvalue weighted by atomic mass is 9.88. The van der Waals surface area contributed by atoms with Crippen molar-refractivity contribution in [1.29, 1.82) is 0 Å². The highest BCUT2D eigenvalue weighted by atomic mass is 32.2. The largest absolute Gasteiger partial charge is 0.388 e. The monoisotopic (exact) mass is 457 g/mol. The molecule has 4 N–H and O–H groups in total. The van der Waals surface area contributed by atoms with E-state index in [4.69, 9.17) is 11.3 Å². The zero-order chi connectivity index (χ0) is 23.1. The van der Waals surface area contributed by atoms with Crippen molar-refractivity contribution in [2.24, 2.45) is 11.8 Å². The normalized spacial score (nSPS) is 35.1. The maximum atomic E-state index is 13.3. The summed E-state index contributed by atoms with van der Waals surface area (Å²) in [4.78, 5) is 18.7. The van der Waals surface area contributed by atoms with Gasteiger partial charge in [0.2, 0.25) is 5.91 Å². The van der Waals surface area contributed by atoms with Gasteiger partial charge in [0.05, 0.1) is 12.1 Å². The number of carbonyl (C=O) groups excluding carboxylic acids is 1. The highest BCUT2D eigenvalue weighted by Crippen LogP contribution is 2.32. The third-order valence-corrected chi connectivity index (χ3v) is 7.34. The molecule has 0 aromatic heterocycles. The molecule has 0 aromatic carbocycles. The third kappa shape index (κ3) is 6.56. The molecular weight excluding hydrogens is 418 g/mol. The van der Waals surface area contributed by atoms with Crippen LogP contribution in [0.2, 0.25) is 0 Å². The van der Waals surface area contributed by atoms with E-state index in [2.05, 4.69) is 17.1 Å². The van der Waals surface area contributed by atoms with Gasteiger partial charge in [-0.05, 0) is 30.9 Å². The van der Waals surface area contributed by atoms with Crippen molar-refractivity contribution in [3.05, 3.63) is 11.4 Å². The number of nitrogens with zero attached hydrogens (tertiary/aromatic N) is 2. The summed E-state index contributed by atoms with van der Waals surface area (Å²) < 4.78 is 5.90. The highest BCUT2D eigenvalue weighted by Gasteiger charge is 2.48. The second kappa shape index (κ2) is 12.4. The lowest BCUT2D eigenvalue weighted by Crippen LogP contribution is -2.64. The van der Waals surface area contributed by atoms with Crippen molar-refractivity contribution in [3.63, 3.8) is 0 Å². The molecule has 0 bridgehead atoms. The molecule has 2 fully saturated rings. The van der Waals surface area contributed by atoms with E-state index in [1.165, 1.54) is 18.2 Å². The van der Waals surface area contributed by atoms with Crippen LogP contribution in [0.15, 0.2) is 0 Å². The summed E-state index contributed by atoms with van der Waals surface area (Å²) in [5.41, 5.74) is -0.686. The van der Waals surface area contributed by atoms with Crippen molar-refractivity contribution in [2.75, 3.05) is 19.5 Å². The molecule has 0 radical (unpaired) electrons. The molecule has 0 saturated carbocycles. The van der Waals surface area contributed by atoms with Gasteiger partial charge < -0.3 is 25.4 Å². The predicted molar refractivity (Wildman–Crippen MR) is 121 cm³/mol. The zero-order valence-corrected chi connectivity index (χ0v) is 19.9. The molecule has 2 rings (SSSR count). The van der Waals surface area contributed by atoms with Crippen molar-refractivity contribution < 1.29 is 24.9 Å². The molecule has 8 nitrogen and oxygen atoms in total. The van der Waals surface area contributed by atoms with Crippen LogP contribution in [-0.2, 0) is 9.53 Å². The topological polar surface area (TPSA) is 107 Å². The average molecular weight is 458 g/mol. The van der Waals surface area contributed by atoms with Gasteiger partial charge in [0.15, 0.2) is 0 Å². The molecule has 178 valence electrons. The van der Waals surface area contributed by atoms with E-state index >= 15 is 0 Å². The molecule has 8 atom stereocenters. The van der Waals surface area contributed by atoms with Crippen LogP contribution < -0.4 is 5.32 Å². The summed E-state index contributed by atoms with van der Waals surface area (Å²) in [7, 11) is 0. The van der Waals surface area contributed by atoms with Crippen molar-refractivity contribution in [3.8, 4) is 0 Å². The van der Waals surface area contributed by atoms with E-state index < -0.39 is 35.9 Å². The quantitative estimate of drug-likeness (QED) is 0.291. The molecule has 0 spiro atoms. The number of unbranched alkanes of at least 4 members (excludes halogenated alkanes) is 2. The molecule has 2 saturated heterocycles. The van der Waals surface area contributed by atoms with E-state index in [0.717, 1.165) is 32.2 Å². The minimum Gasteiger partial charge on any atom is -0.388 e.